The summed E-state index contributed by atoms with van der Waals surface area (Å²) in [4.78, 5) is 23.1. The Labute approximate surface area is 172 Å². The van der Waals surface area contributed by atoms with Gasteiger partial charge in [0, 0.05) is 12.1 Å². The zero-order chi connectivity index (χ0) is 20.8. The summed E-state index contributed by atoms with van der Waals surface area (Å²) < 4.78 is 5.73. The Kier molecular flexibility index (Phi) is 4.85. The highest BCUT2D eigenvalue weighted by Crippen LogP contribution is 2.43. The molecule has 4 rings (SSSR count). The number of fused-ring (bicyclic) bond motifs is 2. The molecule has 0 aliphatic carbocycles. The van der Waals surface area contributed by atoms with Gasteiger partial charge in [-0.1, -0.05) is 13.3 Å². The number of anilines is 1. The predicted octanol–water partition coefficient (Wildman–Crippen LogP) is 5.44. The van der Waals surface area contributed by atoms with Crippen molar-refractivity contribution in [2.75, 3.05) is 11.4 Å². The molecule has 5 nitrogen and oxygen atoms in total. The molecule has 2 aromatic carbocycles. The van der Waals surface area contributed by atoms with Crippen molar-refractivity contribution in [2.24, 2.45) is 0 Å². The molecular formula is C24H29N3O2. The number of ether oxygens (including phenoxy) is 1. The Balaban J connectivity index is 1.72. The van der Waals surface area contributed by atoms with Gasteiger partial charge < -0.3 is 14.6 Å². The summed E-state index contributed by atoms with van der Waals surface area (Å²) in [5, 5.41) is 0. The number of hydrogen-bond acceptors (Lipinski definition) is 3. The van der Waals surface area contributed by atoms with E-state index in [1.54, 1.807) is 0 Å². The van der Waals surface area contributed by atoms with Crippen LogP contribution in [0.2, 0.25) is 0 Å². The topological polar surface area (TPSA) is 58.2 Å². The average molecular weight is 392 g/mol. The van der Waals surface area contributed by atoms with E-state index in [9.17, 15) is 4.79 Å². The number of nitrogens with zero attached hydrogens (tertiary/aromatic N) is 2. The Morgan fingerprint density at radius 3 is 2.55 bits per heavy atom. The summed E-state index contributed by atoms with van der Waals surface area (Å²) in [5.74, 6) is 1.85. The number of unbranched alkanes of at least 4 members (excludes halogenated alkanes) is 1. The SMILES string of the molecule is CCCCN1C(=O)C(C)(C)c2cc3[nH]c(-c4ccc(OC(C)C)cc4)nc3cc21. The van der Waals surface area contributed by atoms with Crippen molar-refractivity contribution < 1.29 is 9.53 Å². The summed E-state index contributed by atoms with van der Waals surface area (Å²) in [6.45, 7) is 11.0. The van der Waals surface area contributed by atoms with Gasteiger partial charge in [0.15, 0.2) is 0 Å². The summed E-state index contributed by atoms with van der Waals surface area (Å²) in [5.41, 5.74) is 4.41. The molecule has 3 aromatic rings. The number of carbonyl (C=O) groups excluding carboxylic acids is 1. The molecule has 0 saturated carbocycles. The van der Waals surface area contributed by atoms with Crippen LogP contribution in [0.25, 0.3) is 22.4 Å². The quantitative estimate of drug-likeness (QED) is 0.608. The maximum atomic E-state index is 13.0. The van der Waals surface area contributed by atoms with Crippen LogP contribution in [0, 0.1) is 0 Å². The molecule has 0 saturated heterocycles. The van der Waals surface area contributed by atoms with Gasteiger partial charge >= 0.3 is 0 Å². The fourth-order valence-corrected chi connectivity index (χ4v) is 3.97. The van der Waals surface area contributed by atoms with Gasteiger partial charge in [-0.2, -0.15) is 0 Å². The number of H-pyrrole nitrogens is 1. The van der Waals surface area contributed by atoms with Crippen LogP contribution in [0.3, 0.4) is 0 Å². The first kappa shape index (κ1) is 19.5. The number of carbonyl (C=O) groups is 1. The van der Waals surface area contributed by atoms with Gasteiger partial charge in [-0.15, -0.1) is 0 Å². The molecule has 1 amide bonds. The third-order valence-corrected chi connectivity index (χ3v) is 5.58. The number of aromatic amines is 1. The molecule has 29 heavy (non-hydrogen) atoms. The number of hydrogen-bond donors (Lipinski definition) is 1. The fourth-order valence-electron chi connectivity index (χ4n) is 3.97. The van der Waals surface area contributed by atoms with Crippen LogP contribution in [-0.4, -0.2) is 28.5 Å². The Morgan fingerprint density at radius 2 is 1.90 bits per heavy atom. The third kappa shape index (κ3) is 3.39. The van der Waals surface area contributed by atoms with Crippen molar-refractivity contribution in [3.8, 4) is 17.1 Å². The number of benzene rings is 2. The minimum Gasteiger partial charge on any atom is -0.491 e. The molecule has 0 bridgehead atoms. The van der Waals surface area contributed by atoms with Crippen LogP contribution >= 0.6 is 0 Å². The lowest BCUT2D eigenvalue weighted by atomic mass is 9.86. The maximum Gasteiger partial charge on any atom is 0.237 e. The van der Waals surface area contributed by atoms with Crippen LogP contribution in [0.1, 0.15) is 53.0 Å². The molecule has 0 fully saturated rings. The number of rotatable bonds is 6. The minimum absolute atomic E-state index is 0.149. The molecule has 0 spiro atoms. The van der Waals surface area contributed by atoms with Gasteiger partial charge in [-0.25, -0.2) is 4.98 Å². The van der Waals surface area contributed by atoms with Crippen LogP contribution in [0.15, 0.2) is 36.4 Å². The van der Waals surface area contributed by atoms with Crippen molar-refractivity contribution in [3.05, 3.63) is 42.0 Å². The molecule has 2 heterocycles. The Hall–Kier alpha value is -2.82. The van der Waals surface area contributed by atoms with E-state index in [-0.39, 0.29) is 12.0 Å². The molecule has 1 N–H and O–H groups in total. The zero-order valence-corrected chi connectivity index (χ0v) is 17.9. The molecular weight excluding hydrogens is 362 g/mol. The Morgan fingerprint density at radius 1 is 1.17 bits per heavy atom. The van der Waals surface area contributed by atoms with Crippen molar-refractivity contribution in [3.63, 3.8) is 0 Å². The first-order valence-corrected chi connectivity index (χ1v) is 10.4. The van der Waals surface area contributed by atoms with E-state index in [0.717, 1.165) is 58.8 Å². The highest BCUT2D eigenvalue weighted by Gasteiger charge is 2.43. The zero-order valence-electron chi connectivity index (χ0n) is 17.9. The second kappa shape index (κ2) is 7.21. The molecule has 1 aromatic heterocycles. The van der Waals surface area contributed by atoms with E-state index in [1.807, 2.05) is 56.9 Å². The van der Waals surface area contributed by atoms with E-state index in [0.29, 0.717) is 0 Å². The standard InChI is InChI=1S/C24H29N3O2/c1-6-7-12-27-21-14-20-19(13-18(21)24(4,5)23(27)28)25-22(26-20)16-8-10-17(11-9-16)29-15(2)3/h8-11,13-15H,6-7,12H2,1-5H3,(H,25,26). The second-order valence-electron chi connectivity index (χ2n) is 8.60. The van der Waals surface area contributed by atoms with E-state index in [2.05, 4.69) is 24.0 Å². The lowest BCUT2D eigenvalue weighted by Crippen LogP contribution is -2.36. The first-order valence-electron chi connectivity index (χ1n) is 10.4. The maximum absolute atomic E-state index is 13.0. The van der Waals surface area contributed by atoms with Gasteiger partial charge in [-0.05, 0) is 76.1 Å². The molecule has 1 aliphatic rings. The Bertz CT molecular complexity index is 1050. The summed E-state index contributed by atoms with van der Waals surface area (Å²) >= 11 is 0. The fraction of sp³-hybridized carbons (Fsp3) is 0.417. The molecule has 5 heteroatoms. The molecule has 0 unspecified atom stereocenters. The highest BCUT2D eigenvalue weighted by molar-refractivity contribution is 6.09. The van der Waals surface area contributed by atoms with E-state index in [4.69, 9.17) is 9.72 Å². The molecule has 0 atom stereocenters. The predicted molar refractivity (Wildman–Crippen MR) is 118 cm³/mol. The number of imidazole rings is 1. The highest BCUT2D eigenvalue weighted by atomic mass is 16.5. The van der Waals surface area contributed by atoms with Gasteiger partial charge in [0.1, 0.15) is 11.6 Å². The van der Waals surface area contributed by atoms with Crippen molar-refractivity contribution in [1.82, 2.24) is 9.97 Å². The lowest BCUT2D eigenvalue weighted by Gasteiger charge is -2.20. The van der Waals surface area contributed by atoms with Crippen molar-refractivity contribution >= 4 is 22.6 Å². The number of nitrogens with one attached hydrogen (secondary N) is 1. The van der Waals surface area contributed by atoms with Gasteiger partial charge in [0.05, 0.1) is 28.2 Å². The van der Waals surface area contributed by atoms with E-state index in [1.165, 1.54) is 0 Å². The average Bonchev–Trinajstić information content (AvgIpc) is 3.17. The van der Waals surface area contributed by atoms with Crippen molar-refractivity contribution in [2.45, 2.75) is 59.0 Å². The van der Waals surface area contributed by atoms with E-state index < -0.39 is 5.41 Å². The van der Waals surface area contributed by atoms with Crippen molar-refractivity contribution in [1.29, 1.82) is 0 Å². The smallest absolute Gasteiger partial charge is 0.237 e. The minimum atomic E-state index is -0.516. The van der Waals surface area contributed by atoms with Crippen LogP contribution in [0.4, 0.5) is 5.69 Å². The first-order chi connectivity index (χ1) is 13.8. The number of aromatic nitrogens is 2. The van der Waals surface area contributed by atoms with Gasteiger partial charge in [0.2, 0.25) is 5.91 Å². The monoisotopic (exact) mass is 391 g/mol. The van der Waals surface area contributed by atoms with Crippen LogP contribution in [-0.2, 0) is 10.2 Å². The molecule has 1 aliphatic heterocycles. The van der Waals surface area contributed by atoms with E-state index >= 15 is 0 Å². The molecule has 0 radical (unpaired) electrons. The lowest BCUT2D eigenvalue weighted by molar-refractivity contribution is -0.122. The summed E-state index contributed by atoms with van der Waals surface area (Å²) in [6.07, 6.45) is 2.21. The van der Waals surface area contributed by atoms with Crippen LogP contribution < -0.4 is 9.64 Å². The summed E-state index contributed by atoms with van der Waals surface area (Å²) in [6, 6.07) is 12.1. The molecule has 152 valence electrons. The largest absolute Gasteiger partial charge is 0.491 e. The van der Waals surface area contributed by atoms with Gasteiger partial charge in [0.25, 0.3) is 0 Å². The van der Waals surface area contributed by atoms with Gasteiger partial charge in [-0.3, -0.25) is 4.79 Å². The number of amides is 1. The second-order valence-corrected chi connectivity index (χ2v) is 8.60. The summed E-state index contributed by atoms with van der Waals surface area (Å²) in [7, 11) is 0. The normalized spacial score (nSPS) is 15.4. The third-order valence-electron chi connectivity index (χ3n) is 5.58. The van der Waals surface area contributed by atoms with Crippen LogP contribution in [0.5, 0.6) is 5.75 Å².